The number of carbonyl (C=O) groups excluding carboxylic acids is 1. The molecule has 88 valence electrons. The molecule has 2 N–H and O–H groups in total. The van der Waals surface area contributed by atoms with E-state index in [0.29, 0.717) is 23.9 Å². The average molecular weight is 230 g/mol. The van der Waals surface area contributed by atoms with Crippen LogP contribution in [0, 0.1) is 5.92 Å². The summed E-state index contributed by atoms with van der Waals surface area (Å²) >= 11 is 4.83. The third kappa shape index (κ3) is 6.44. The normalized spacial score (nSPS) is 10.8. The average Bonchev–Trinajstić information content (AvgIpc) is 2.09. The van der Waals surface area contributed by atoms with Crippen molar-refractivity contribution < 1.29 is 4.79 Å². The van der Waals surface area contributed by atoms with E-state index in [1.165, 1.54) is 0 Å². The Morgan fingerprint density at radius 2 is 1.87 bits per heavy atom. The first-order chi connectivity index (χ1) is 6.84. The largest absolute Gasteiger partial charge is 0.392 e. The lowest BCUT2D eigenvalue weighted by Gasteiger charge is -2.26. The third-order valence-electron chi connectivity index (χ3n) is 2.21. The fourth-order valence-corrected chi connectivity index (χ4v) is 1.42. The molecule has 0 aromatic heterocycles. The molecule has 0 aromatic carbocycles. The molecular formula is C11H22N2OS. The molecule has 0 saturated heterocycles. The van der Waals surface area contributed by atoms with E-state index in [0.717, 1.165) is 6.42 Å². The van der Waals surface area contributed by atoms with Gasteiger partial charge in [0.15, 0.2) is 0 Å². The molecule has 0 fully saturated rings. The van der Waals surface area contributed by atoms with Gasteiger partial charge in [-0.2, -0.15) is 0 Å². The maximum Gasteiger partial charge on any atom is 0.223 e. The highest BCUT2D eigenvalue weighted by atomic mass is 32.1. The molecule has 1 amide bonds. The number of amides is 1. The van der Waals surface area contributed by atoms with E-state index in [9.17, 15) is 4.79 Å². The second-order valence-electron chi connectivity index (χ2n) is 4.51. The zero-order chi connectivity index (χ0) is 12.0. The fraction of sp³-hybridized carbons (Fsp3) is 0.818. The highest BCUT2D eigenvalue weighted by Gasteiger charge is 2.17. The number of thiocarbonyl (C=S) groups is 1. The predicted octanol–water partition coefficient (Wildman–Crippen LogP) is 1.95. The molecule has 15 heavy (non-hydrogen) atoms. The van der Waals surface area contributed by atoms with Gasteiger partial charge < -0.3 is 10.6 Å². The first-order valence-corrected chi connectivity index (χ1v) is 5.83. The smallest absolute Gasteiger partial charge is 0.223 e. The first-order valence-electron chi connectivity index (χ1n) is 5.42. The second-order valence-corrected chi connectivity index (χ2v) is 5.04. The Morgan fingerprint density at radius 3 is 2.20 bits per heavy atom. The van der Waals surface area contributed by atoms with E-state index in [-0.39, 0.29) is 11.9 Å². The maximum atomic E-state index is 11.8. The van der Waals surface area contributed by atoms with Crippen molar-refractivity contribution in [1.82, 2.24) is 4.90 Å². The van der Waals surface area contributed by atoms with Crippen molar-refractivity contribution in [2.75, 3.05) is 6.54 Å². The van der Waals surface area contributed by atoms with Crippen molar-refractivity contribution in [1.29, 1.82) is 0 Å². The zero-order valence-electron chi connectivity index (χ0n) is 10.1. The molecule has 0 spiro atoms. The van der Waals surface area contributed by atoms with E-state index in [1.807, 2.05) is 13.8 Å². The van der Waals surface area contributed by atoms with Crippen LogP contribution in [0.2, 0.25) is 0 Å². The number of carbonyl (C=O) groups is 1. The molecule has 0 atom stereocenters. The molecule has 3 nitrogen and oxygen atoms in total. The Hall–Kier alpha value is -0.640. The Kier molecular flexibility index (Phi) is 6.48. The van der Waals surface area contributed by atoms with Crippen LogP contribution in [0.15, 0.2) is 0 Å². The monoisotopic (exact) mass is 230 g/mol. The topological polar surface area (TPSA) is 46.3 Å². The van der Waals surface area contributed by atoms with Crippen molar-refractivity contribution >= 4 is 23.1 Å². The van der Waals surface area contributed by atoms with Crippen LogP contribution >= 0.6 is 12.2 Å². The van der Waals surface area contributed by atoms with Crippen molar-refractivity contribution in [2.45, 2.75) is 46.6 Å². The van der Waals surface area contributed by atoms with E-state index in [2.05, 4.69) is 13.8 Å². The van der Waals surface area contributed by atoms with Crippen LogP contribution in [0.1, 0.15) is 40.5 Å². The van der Waals surface area contributed by atoms with Crippen LogP contribution in [-0.4, -0.2) is 28.4 Å². The van der Waals surface area contributed by atoms with Crippen molar-refractivity contribution in [3.63, 3.8) is 0 Å². The van der Waals surface area contributed by atoms with Crippen LogP contribution in [0.3, 0.4) is 0 Å². The standard InChI is InChI=1S/C11H22N2OS/c1-8(2)5-6-11(14)13(9(3)4)7-10(12)15/h8-9H,5-7H2,1-4H3,(H2,12,15). The summed E-state index contributed by atoms with van der Waals surface area (Å²) in [5.41, 5.74) is 5.46. The summed E-state index contributed by atoms with van der Waals surface area (Å²) in [5.74, 6) is 0.694. The molecule has 0 radical (unpaired) electrons. The molecule has 0 bridgehead atoms. The fourth-order valence-electron chi connectivity index (χ4n) is 1.28. The van der Waals surface area contributed by atoms with E-state index < -0.39 is 0 Å². The summed E-state index contributed by atoms with van der Waals surface area (Å²) in [6, 6.07) is 0.158. The molecule has 4 heteroatoms. The van der Waals surface area contributed by atoms with Crippen molar-refractivity contribution in [3.8, 4) is 0 Å². The minimum Gasteiger partial charge on any atom is -0.392 e. The Bertz CT molecular complexity index is 227. The van der Waals surface area contributed by atoms with Gasteiger partial charge >= 0.3 is 0 Å². The van der Waals surface area contributed by atoms with Gasteiger partial charge in [0.2, 0.25) is 5.91 Å². The van der Waals surface area contributed by atoms with Gasteiger partial charge in [-0.15, -0.1) is 0 Å². The molecular weight excluding hydrogens is 208 g/mol. The molecule has 0 unspecified atom stereocenters. The molecule has 0 aliphatic heterocycles. The van der Waals surface area contributed by atoms with Crippen molar-refractivity contribution in [2.24, 2.45) is 11.7 Å². The third-order valence-corrected chi connectivity index (χ3v) is 2.33. The molecule has 0 aliphatic rings. The van der Waals surface area contributed by atoms with Crippen LogP contribution in [-0.2, 0) is 4.79 Å². The molecule has 0 heterocycles. The lowest BCUT2D eigenvalue weighted by molar-refractivity contribution is -0.132. The van der Waals surface area contributed by atoms with Gasteiger partial charge in [0.25, 0.3) is 0 Å². The minimum absolute atomic E-state index is 0.145. The van der Waals surface area contributed by atoms with Gasteiger partial charge in [0.05, 0.1) is 11.5 Å². The second kappa shape index (κ2) is 6.77. The Morgan fingerprint density at radius 1 is 1.33 bits per heavy atom. The highest BCUT2D eigenvalue weighted by molar-refractivity contribution is 7.80. The van der Waals surface area contributed by atoms with Gasteiger partial charge in [-0.1, -0.05) is 26.1 Å². The summed E-state index contributed by atoms with van der Waals surface area (Å²) in [7, 11) is 0. The minimum atomic E-state index is 0.145. The molecule has 0 saturated carbocycles. The van der Waals surface area contributed by atoms with Gasteiger partial charge in [0.1, 0.15) is 0 Å². The predicted molar refractivity (Wildman–Crippen MR) is 67.7 cm³/mol. The highest BCUT2D eigenvalue weighted by Crippen LogP contribution is 2.08. The Balaban J connectivity index is 4.23. The van der Waals surface area contributed by atoms with Gasteiger partial charge in [0, 0.05) is 12.5 Å². The number of nitrogens with two attached hydrogens (primary N) is 1. The molecule has 0 rings (SSSR count). The van der Waals surface area contributed by atoms with Crippen LogP contribution in [0.25, 0.3) is 0 Å². The SMILES string of the molecule is CC(C)CCC(=O)N(CC(N)=S)C(C)C. The maximum absolute atomic E-state index is 11.8. The quantitative estimate of drug-likeness (QED) is 0.709. The Labute approximate surface area is 98.0 Å². The number of hydrogen-bond donors (Lipinski definition) is 1. The summed E-state index contributed by atoms with van der Waals surface area (Å²) in [6.45, 7) is 8.57. The van der Waals surface area contributed by atoms with Gasteiger partial charge in [-0.25, -0.2) is 0 Å². The van der Waals surface area contributed by atoms with Gasteiger partial charge in [-0.3, -0.25) is 4.79 Å². The number of rotatable bonds is 6. The zero-order valence-corrected chi connectivity index (χ0v) is 10.9. The molecule has 0 aromatic rings. The summed E-state index contributed by atoms with van der Waals surface area (Å²) in [5, 5.41) is 0. The van der Waals surface area contributed by atoms with Crippen molar-refractivity contribution in [3.05, 3.63) is 0 Å². The van der Waals surface area contributed by atoms with E-state index >= 15 is 0 Å². The van der Waals surface area contributed by atoms with Gasteiger partial charge in [-0.05, 0) is 26.2 Å². The number of hydrogen-bond acceptors (Lipinski definition) is 2. The lowest BCUT2D eigenvalue weighted by Crippen LogP contribution is -2.42. The van der Waals surface area contributed by atoms with Crippen LogP contribution in [0.5, 0.6) is 0 Å². The summed E-state index contributed by atoms with van der Waals surface area (Å²) < 4.78 is 0. The van der Waals surface area contributed by atoms with Crippen LogP contribution in [0.4, 0.5) is 0 Å². The summed E-state index contributed by atoms with van der Waals surface area (Å²) in [6.07, 6.45) is 1.50. The van der Waals surface area contributed by atoms with E-state index in [4.69, 9.17) is 18.0 Å². The number of nitrogens with zero attached hydrogens (tertiary/aromatic N) is 1. The van der Waals surface area contributed by atoms with Crippen LogP contribution < -0.4 is 5.73 Å². The summed E-state index contributed by atoms with van der Waals surface area (Å²) in [4.78, 5) is 14.0. The lowest BCUT2D eigenvalue weighted by atomic mass is 10.1. The molecule has 0 aliphatic carbocycles. The van der Waals surface area contributed by atoms with E-state index in [1.54, 1.807) is 4.90 Å². The first kappa shape index (κ1) is 14.4.